The molecule has 3 nitrogen and oxygen atoms in total. The van der Waals surface area contributed by atoms with Crippen LogP contribution in [0.5, 0.6) is 0 Å². The van der Waals surface area contributed by atoms with Gasteiger partial charge in [0.15, 0.2) is 0 Å². The molecule has 1 heterocycles. The lowest BCUT2D eigenvalue weighted by Gasteiger charge is -2.13. The van der Waals surface area contributed by atoms with Crippen molar-refractivity contribution in [2.75, 3.05) is 11.9 Å². The van der Waals surface area contributed by atoms with Gasteiger partial charge in [-0.1, -0.05) is 50.2 Å². The molecule has 0 saturated carbocycles. The predicted molar refractivity (Wildman–Crippen MR) is 115 cm³/mol. The number of allylic oxidation sites excluding steroid dienone is 1. The zero-order chi connectivity index (χ0) is 19.4. The third-order valence-corrected chi connectivity index (χ3v) is 5.72. The Balaban J connectivity index is 1.89. The Bertz CT molecular complexity index is 871. The topological polar surface area (TPSA) is 41.1 Å². The van der Waals surface area contributed by atoms with Crippen molar-refractivity contribution in [3.63, 3.8) is 0 Å². The molecular formula is C23H28N2OS. The van der Waals surface area contributed by atoms with Gasteiger partial charge < -0.3 is 10.6 Å². The minimum atomic E-state index is -0.0103. The van der Waals surface area contributed by atoms with Gasteiger partial charge in [-0.3, -0.25) is 4.79 Å². The van der Waals surface area contributed by atoms with E-state index >= 15 is 0 Å². The van der Waals surface area contributed by atoms with Gasteiger partial charge >= 0.3 is 0 Å². The highest BCUT2D eigenvalue weighted by Gasteiger charge is 2.19. The summed E-state index contributed by atoms with van der Waals surface area (Å²) in [7, 11) is 0. The van der Waals surface area contributed by atoms with Crippen LogP contribution < -0.4 is 10.6 Å². The van der Waals surface area contributed by atoms with E-state index in [4.69, 9.17) is 0 Å². The molecule has 0 atom stereocenters. The molecule has 0 radical (unpaired) electrons. The molecule has 142 valence electrons. The van der Waals surface area contributed by atoms with Crippen molar-refractivity contribution in [1.29, 1.82) is 0 Å². The molecule has 0 aliphatic carbocycles. The van der Waals surface area contributed by atoms with Gasteiger partial charge in [-0.05, 0) is 56.0 Å². The Labute approximate surface area is 166 Å². The summed E-state index contributed by atoms with van der Waals surface area (Å²) in [5.74, 6) is 0.572. The highest BCUT2D eigenvalue weighted by molar-refractivity contribution is 7.99. The average Bonchev–Trinajstić information content (AvgIpc) is 2.77. The van der Waals surface area contributed by atoms with E-state index < -0.39 is 0 Å². The fourth-order valence-corrected chi connectivity index (χ4v) is 4.08. The number of hydrogen-bond donors (Lipinski definition) is 2. The van der Waals surface area contributed by atoms with E-state index in [9.17, 15) is 4.79 Å². The quantitative estimate of drug-likeness (QED) is 0.658. The highest BCUT2D eigenvalue weighted by Crippen LogP contribution is 2.42. The fraction of sp³-hybridized carbons (Fsp3) is 0.348. The van der Waals surface area contributed by atoms with Crippen molar-refractivity contribution in [1.82, 2.24) is 5.32 Å². The van der Waals surface area contributed by atoms with Crippen LogP contribution in [0.4, 0.5) is 5.69 Å². The first-order valence-electron chi connectivity index (χ1n) is 9.66. The number of hydrogen-bond acceptors (Lipinski definition) is 3. The predicted octanol–water partition coefficient (Wildman–Crippen LogP) is 6.10. The normalized spacial score (nSPS) is 14.3. The molecule has 3 rings (SSSR count). The van der Waals surface area contributed by atoms with Crippen LogP contribution in [0.2, 0.25) is 0 Å². The minimum Gasteiger partial charge on any atom is -0.354 e. The number of amides is 1. The Morgan fingerprint density at radius 1 is 1.19 bits per heavy atom. The third kappa shape index (κ3) is 4.75. The number of anilines is 1. The van der Waals surface area contributed by atoms with Gasteiger partial charge in [-0.25, -0.2) is 0 Å². The molecule has 1 amide bonds. The maximum Gasteiger partial charge on any atom is 0.251 e. The molecule has 0 saturated heterocycles. The van der Waals surface area contributed by atoms with Crippen LogP contribution in [0.15, 0.2) is 52.3 Å². The summed E-state index contributed by atoms with van der Waals surface area (Å²) < 4.78 is 0. The van der Waals surface area contributed by atoms with E-state index in [1.54, 1.807) is 11.8 Å². The second kappa shape index (κ2) is 8.66. The first kappa shape index (κ1) is 19.6. The molecule has 4 heteroatoms. The van der Waals surface area contributed by atoms with Gasteiger partial charge in [0.05, 0.1) is 5.69 Å². The first-order chi connectivity index (χ1) is 13.0. The SMILES string of the molecule is CCC=C1Nc2cc(C(=O)NCCC(C)C)ccc2Sc2ccc(C)cc21. The van der Waals surface area contributed by atoms with Crippen molar-refractivity contribution in [3.05, 3.63) is 59.2 Å². The van der Waals surface area contributed by atoms with Gasteiger partial charge in [0.25, 0.3) is 5.91 Å². The zero-order valence-corrected chi connectivity index (χ0v) is 17.4. The number of benzene rings is 2. The smallest absolute Gasteiger partial charge is 0.251 e. The van der Waals surface area contributed by atoms with E-state index in [0.717, 1.165) is 29.1 Å². The molecule has 0 fully saturated rings. The summed E-state index contributed by atoms with van der Waals surface area (Å²) in [4.78, 5) is 14.9. The van der Waals surface area contributed by atoms with Crippen LogP contribution in [0, 0.1) is 12.8 Å². The fourth-order valence-electron chi connectivity index (χ4n) is 3.07. The summed E-state index contributed by atoms with van der Waals surface area (Å²) in [6.45, 7) is 9.29. The van der Waals surface area contributed by atoms with Crippen molar-refractivity contribution in [3.8, 4) is 0 Å². The molecule has 0 spiro atoms. The van der Waals surface area contributed by atoms with E-state index in [0.29, 0.717) is 18.0 Å². The Hall–Kier alpha value is -2.20. The highest BCUT2D eigenvalue weighted by atomic mass is 32.2. The second-order valence-electron chi connectivity index (χ2n) is 7.40. The number of carbonyl (C=O) groups excluding carboxylic acids is 1. The molecule has 0 bridgehead atoms. The van der Waals surface area contributed by atoms with Crippen LogP contribution in [0.25, 0.3) is 5.70 Å². The Kier molecular flexibility index (Phi) is 6.27. The van der Waals surface area contributed by atoms with Crippen LogP contribution in [-0.2, 0) is 0 Å². The number of nitrogens with one attached hydrogen (secondary N) is 2. The van der Waals surface area contributed by atoms with Crippen LogP contribution >= 0.6 is 11.8 Å². The van der Waals surface area contributed by atoms with Gasteiger partial charge in [0, 0.05) is 33.2 Å². The van der Waals surface area contributed by atoms with Crippen molar-refractivity contribution in [2.45, 2.75) is 50.3 Å². The summed E-state index contributed by atoms with van der Waals surface area (Å²) in [5, 5.41) is 6.60. The maximum absolute atomic E-state index is 12.5. The van der Waals surface area contributed by atoms with E-state index in [-0.39, 0.29) is 5.91 Å². The molecule has 1 aliphatic rings. The lowest BCUT2D eigenvalue weighted by Crippen LogP contribution is -2.25. The van der Waals surface area contributed by atoms with Crippen molar-refractivity contribution in [2.24, 2.45) is 5.92 Å². The molecular weight excluding hydrogens is 352 g/mol. The van der Waals surface area contributed by atoms with Gasteiger partial charge in [-0.15, -0.1) is 0 Å². The molecule has 0 unspecified atom stereocenters. The Morgan fingerprint density at radius 3 is 2.70 bits per heavy atom. The molecule has 27 heavy (non-hydrogen) atoms. The standard InChI is InChI=1S/C23H28N2OS/c1-5-6-19-18-13-16(4)7-9-21(18)27-22-10-8-17(14-20(22)25-19)23(26)24-12-11-15(2)3/h6-10,13-15,25H,5,11-12H2,1-4H3,(H,24,26). The summed E-state index contributed by atoms with van der Waals surface area (Å²) in [6, 6.07) is 12.5. The summed E-state index contributed by atoms with van der Waals surface area (Å²) >= 11 is 1.75. The van der Waals surface area contributed by atoms with E-state index in [1.807, 2.05) is 18.2 Å². The van der Waals surface area contributed by atoms with Crippen molar-refractivity contribution < 1.29 is 4.79 Å². The number of carbonyl (C=O) groups is 1. The first-order valence-corrected chi connectivity index (χ1v) is 10.5. The van der Waals surface area contributed by atoms with E-state index in [1.165, 1.54) is 16.0 Å². The monoisotopic (exact) mass is 380 g/mol. The molecule has 1 aliphatic heterocycles. The molecule has 2 aromatic rings. The van der Waals surface area contributed by atoms with E-state index in [2.05, 4.69) is 62.6 Å². The van der Waals surface area contributed by atoms with Gasteiger partial charge in [-0.2, -0.15) is 0 Å². The second-order valence-corrected chi connectivity index (χ2v) is 8.49. The largest absolute Gasteiger partial charge is 0.354 e. The van der Waals surface area contributed by atoms with Crippen LogP contribution in [0.1, 0.15) is 55.1 Å². The summed E-state index contributed by atoms with van der Waals surface area (Å²) in [6.07, 6.45) is 4.15. The number of aryl methyl sites for hydroxylation is 1. The zero-order valence-electron chi connectivity index (χ0n) is 16.6. The average molecular weight is 381 g/mol. The number of rotatable bonds is 5. The molecule has 0 aromatic heterocycles. The molecule has 2 N–H and O–H groups in total. The summed E-state index contributed by atoms with van der Waals surface area (Å²) in [5.41, 5.74) is 5.27. The van der Waals surface area contributed by atoms with Crippen molar-refractivity contribution >= 4 is 29.1 Å². The minimum absolute atomic E-state index is 0.0103. The van der Waals surface area contributed by atoms with Gasteiger partial charge in [0.2, 0.25) is 0 Å². The number of fused-ring (bicyclic) bond motifs is 2. The van der Waals surface area contributed by atoms with Crippen LogP contribution in [0.3, 0.4) is 0 Å². The third-order valence-electron chi connectivity index (χ3n) is 4.57. The lowest BCUT2D eigenvalue weighted by molar-refractivity contribution is 0.0952. The van der Waals surface area contributed by atoms with Crippen LogP contribution in [-0.4, -0.2) is 12.5 Å². The lowest BCUT2D eigenvalue weighted by atomic mass is 10.1. The van der Waals surface area contributed by atoms with Gasteiger partial charge in [0.1, 0.15) is 0 Å². The molecule has 2 aromatic carbocycles. The Morgan fingerprint density at radius 2 is 1.96 bits per heavy atom. The maximum atomic E-state index is 12.5.